The van der Waals surface area contributed by atoms with E-state index < -0.39 is 6.10 Å². The van der Waals surface area contributed by atoms with Gasteiger partial charge in [-0.2, -0.15) is 0 Å². The molecule has 3 aromatic rings. The van der Waals surface area contributed by atoms with Crippen molar-refractivity contribution in [2.45, 2.75) is 25.5 Å². The van der Waals surface area contributed by atoms with Gasteiger partial charge in [-0.25, -0.2) is 0 Å². The molecule has 1 aromatic carbocycles. The number of aromatic nitrogens is 2. The molecule has 0 saturated heterocycles. The predicted octanol–water partition coefficient (Wildman–Crippen LogP) is 3.45. The highest BCUT2D eigenvalue weighted by Gasteiger charge is 2.22. The van der Waals surface area contributed by atoms with Crippen molar-refractivity contribution in [1.82, 2.24) is 14.5 Å². The van der Waals surface area contributed by atoms with Crippen molar-refractivity contribution in [3.63, 3.8) is 0 Å². The minimum absolute atomic E-state index is 0.543. The first-order valence-corrected chi connectivity index (χ1v) is 9.07. The Kier molecular flexibility index (Phi) is 4.50. The van der Waals surface area contributed by atoms with Gasteiger partial charge in [-0.05, 0) is 54.9 Å². The molecule has 4 rings (SSSR count). The molecule has 0 bridgehead atoms. The molecule has 0 radical (unpaired) electrons. The number of likely N-dealkylation sites (N-methyl/N-ethyl adjacent to an activating group) is 1. The van der Waals surface area contributed by atoms with Crippen LogP contribution in [-0.4, -0.2) is 39.7 Å². The third-order valence-corrected chi connectivity index (χ3v) is 5.40. The normalized spacial score (nSPS) is 16.6. The molecule has 0 fully saturated rings. The Bertz CT molecular complexity index is 891. The van der Waals surface area contributed by atoms with Gasteiger partial charge in [0.1, 0.15) is 0 Å². The summed E-state index contributed by atoms with van der Waals surface area (Å²) in [5, 5.41) is 12.7. The Hall–Kier alpha value is -1.88. The first-order chi connectivity index (χ1) is 12.1. The molecule has 0 amide bonds. The van der Waals surface area contributed by atoms with E-state index in [1.807, 2.05) is 18.2 Å². The summed E-state index contributed by atoms with van der Waals surface area (Å²) in [6.45, 7) is 2.62. The Balaban J connectivity index is 1.80. The number of hydrogen-bond donors (Lipinski definition) is 1. The average molecular weight is 356 g/mol. The van der Waals surface area contributed by atoms with Crippen molar-refractivity contribution >= 4 is 22.5 Å². The number of fused-ring (bicyclic) bond motifs is 3. The van der Waals surface area contributed by atoms with Gasteiger partial charge in [-0.1, -0.05) is 11.6 Å². The lowest BCUT2D eigenvalue weighted by molar-refractivity contribution is 0.157. The molecule has 2 aromatic heterocycles. The minimum atomic E-state index is -0.556. The largest absolute Gasteiger partial charge is 0.387 e. The van der Waals surface area contributed by atoms with E-state index in [4.69, 9.17) is 11.6 Å². The number of benzene rings is 1. The molecule has 0 aliphatic carbocycles. The second-order valence-electron chi connectivity index (χ2n) is 6.80. The molecule has 3 heterocycles. The summed E-state index contributed by atoms with van der Waals surface area (Å²) >= 11 is 6.27. The molecule has 4 nitrogen and oxygen atoms in total. The average Bonchev–Trinajstić information content (AvgIpc) is 2.76. The van der Waals surface area contributed by atoms with Gasteiger partial charge in [-0.3, -0.25) is 4.98 Å². The van der Waals surface area contributed by atoms with Crippen LogP contribution in [0.4, 0.5) is 0 Å². The lowest BCUT2D eigenvalue weighted by Gasteiger charge is -2.17. The van der Waals surface area contributed by atoms with E-state index in [9.17, 15) is 5.11 Å². The lowest BCUT2D eigenvalue weighted by Crippen LogP contribution is -2.21. The fraction of sp³-hybridized carbons (Fsp3) is 0.350. The number of pyridine rings is 1. The van der Waals surface area contributed by atoms with Crippen molar-refractivity contribution in [3.05, 3.63) is 64.6 Å². The lowest BCUT2D eigenvalue weighted by atomic mass is 10.1. The van der Waals surface area contributed by atoms with E-state index in [1.165, 1.54) is 16.6 Å². The zero-order valence-electron chi connectivity index (χ0n) is 14.3. The van der Waals surface area contributed by atoms with Gasteiger partial charge in [-0.15, -0.1) is 0 Å². The summed E-state index contributed by atoms with van der Waals surface area (Å²) in [4.78, 5) is 6.40. The van der Waals surface area contributed by atoms with Crippen LogP contribution in [0.2, 0.25) is 5.02 Å². The molecule has 1 aliphatic rings. The fourth-order valence-electron chi connectivity index (χ4n) is 3.80. The molecule has 1 N–H and O–H groups in total. The van der Waals surface area contributed by atoms with Crippen molar-refractivity contribution in [2.75, 3.05) is 20.1 Å². The second kappa shape index (κ2) is 6.79. The van der Waals surface area contributed by atoms with Crippen LogP contribution in [0.15, 0.2) is 42.7 Å². The van der Waals surface area contributed by atoms with Gasteiger partial charge < -0.3 is 14.6 Å². The highest BCUT2D eigenvalue weighted by atomic mass is 35.5. The van der Waals surface area contributed by atoms with Crippen LogP contribution in [0.3, 0.4) is 0 Å². The van der Waals surface area contributed by atoms with Gasteiger partial charge in [0.15, 0.2) is 0 Å². The van der Waals surface area contributed by atoms with E-state index in [0.717, 1.165) is 42.0 Å². The van der Waals surface area contributed by atoms with Crippen LogP contribution in [0.5, 0.6) is 0 Å². The molecule has 1 aliphatic heterocycles. The van der Waals surface area contributed by atoms with Gasteiger partial charge in [0.25, 0.3) is 0 Å². The van der Waals surface area contributed by atoms with Crippen molar-refractivity contribution < 1.29 is 5.11 Å². The number of aliphatic hydroxyl groups is 1. The molecule has 0 spiro atoms. The van der Waals surface area contributed by atoms with Crippen molar-refractivity contribution in [3.8, 4) is 0 Å². The molecule has 0 saturated carbocycles. The summed E-state index contributed by atoms with van der Waals surface area (Å²) in [6.07, 6.45) is 4.89. The minimum Gasteiger partial charge on any atom is -0.387 e. The topological polar surface area (TPSA) is 41.3 Å². The first-order valence-electron chi connectivity index (χ1n) is 8.69. The molecular weight excluding hydrogens is 334 g/mol. The summed E-state index contributed by atoms with van der Waals surface area (Å²) < 4.78 is 2.28. The number of halogens is 1. The zero-order chi connectivity index (χ0) is 17.4. The van der Waals surface area contributed by atoms with Gasteiger partial charge in [0.05, 0.1) is 12.6 Å². The van der Waals surface area contributed by atoms with E-state index in [2.05, 4.69) is 33.6 Å². The SMILES string of the molecule is CN1CCc2c(n(CC(O)c3ccncc3)c3ccc(Cl)cc23)CC1. The quantitative estimate of drug-likeness (QED) is 0.782. The molecule has 1 atom stereocenters. The Morgan fingerprint density at radius 3 is 2.72 bits per heavy atom. The van der Waals surface area contributed by atoms with E-state index in [0.29, 0.717) is 6.54 Å². The molecule has 25 heavy (non-hydrogen) atoms. The van der Waals surface area contributed by atoms with Crippen LogP contribution in [0.1, 0.15) is 22.9 Å². The Morgan fingerprint density at radius 1 is 1.16 bits per heavy atom. The van der Waals surface area contributed by atoms with Crippen molar-refractivity contribution in [1.29, 1.82) is 0 Å². The van der Waals surface area contributed by atoms with Gasteiger partial charge in [0, 0.05) is 53.5 Å². The second-order valence-corrected chi connectivity index (χ2v) is 7.23. The summed E-state index contributed by atoms with van der Waals surface area (Å²) in [6, 6.07) is 9.83. The van der Waals surface area contributed by atoms with Crippen LogP contribution >= 0.6 is 11.6 Å². The summed E-state index contributed by atoms with van der Waals surface area (Å²) in [5.74, 6) is 0. The zero-order valence-corrected chi connectivity index (χ0v) is 15.1. The van der Waals surface area contributed by atoms with Crippen LogP contribution < -0.4 is 0 Å². The highest BCUT2D eigenvalue weighted by molar-refractivity contribution is 6.31. The fourth-order valence-corrected chi connectivity index (χ4v) is 3.97. The number of hydrogen-bond acceptors (Lipinski definition) is 3. The third-order valence-electron chi connectivity index (χ3n) is 5.17. The maximum Gasteiger partial charge on any atom is 0.0970 e. The monoisotopic (exact) mass is 355 g/mol. The standard InChI is InChI=1S/C20H22ClN3O/c1-23-10-6-16-17-12-15(21)2-3-18(17)24(19(16)7-11-23)13-20(25)14-4-8-22-9-5-14/h2-5,8-9,12,20,25H,6-7,10-11,13H2,1H3. The molecular formula is C20H22ClN3O. The van der Waals surface area contributed by atoms with Crippen LogP contribution in [-0.2, 0) is 19.4 Å². The van der Waals surface area contributed by atoms with E-state index >= 15 is 0 Å². The van der Waals surface area contributed by atoms with Crippen LogP contribution in [0.25, 0.3) is 10.9 Å². The summed E-state index contributed by atoms with van der Waals surface area (Å²) in [7, 11) is 2.16. The molecule has 130 valence electrons. The predicted molar refractivity (Wildman–Crippen MR) is 101 cm³/mol. The first kappa shape index (κ1) is 16.6. The number of rotatable bonds is 3. The van der Waals surface area contributed by atoms with Crippen LogP contribution in [0, 0.1) is 0 Å². The highest BCUT2D eigenvalue weighted by Crippen LogP contribution is 2.32. The molecule has 1 unspecified atom stereocenters. The number of nitrogens with zero attached hydrogens (tertiary/aromatic N) is 3. The molecule has 5 heteroatoms. The summed E-state index contributed by atoms with van der Waals surface area (Å²) in [5.41, 5.74) is 4.76. The van der Waals surface area contributed by atoms with Crippen molar-refractivity contribution in [2.24, 2.45) is 0 Å². The maximum absolute atomic E-state index is 10.7. The smallest absolute Gasteiger partial charge is 0.0970 e. The van der Waals surface area contributed by atoms with Gasteiger partial charge >= 0.3 is 0 Å². The third kappa shape index (κ3) is 3.17. The Labute approximate surface area is 152 Å². The maximum atomic E-state index is 10.7. The Morgan fingerprint density at radius 2 is 1.92 bits per heavy atom. The van der Waals surface area contributed by atoms with Gasteiger partial charge in [0.2, 0.25) is 0 Å². The van der Waals surface area contributed by atoms with E-state index in [1.54, 1.807) is 12.4 Å². The number of aliphatic hydroxyl groups excluding tert-OH is 1. The van der Waals surface area contributed by atoms with E-state index in [-0.39, 0.29) is 0 Å².